The number of hydrogen-bond acceptors (Lipinski definition) is 9. The van der Waals surface area contributed by atoms with Crippen molar-refractivity contribution in [2.75, 3.05) is 15.8 Å². The van der Waals surface area contributed by atoms with E-state index in [0.717, 1.165) is 17.3 Å². The number of amides is 1. The van der Waals surface area contributed by atoms with Gasteiger partial charge in [-0.25, -0.2) is 13.4 Å². The van der Waals surface area contributed by atoms with Gasteiger partial charge in [0.1, 0.15) is 0 Å². The fourth-order valence-electron chi connectivity index (χ4n) is 2.56. The fourth-order valence-corrected chi connectivity index (χ4v) is 4.73. The molecule has 32 heavy (non-hydrogen) atoms. The van der Waals surface area contributed by atoms with Gasteiger partial charge >= 0.3 is 0 Å². The molecule has 164 valence electrons. The van der Waals surface area contributed by atoms with Gasteiger partial charge in [0.05, 0.1) is 10.6 Å². The Kier molecular flexibility index (Phi) is 6.53. The minimum atomic E-state index is -3.68. The third-order valence-corrected chi connectivity index (χ3v) is 7.03. The molecule has 0 aliphatic carbocycles. The van der Waals surface area contributed by atoms with Crippen molar-refractivity contribution in [2.45, 2.75) is 17.0 Å². The second kappa shape index (κ2) is 9.51. The van der Waals surface area contributed by atoms with Gasteiger partial charge in [-0.1, -0.05) is 29.5 Å². The summed E-state index contributed by atoms with van der Waals surface area (Å²) in [4.78, 5) is 16.1. The molecular weight excluding hydrogens is 470 g/mol. The molecule has 0 aliphatic rings. The minimum Gasteiger partial charge on any atom is -0.411 e. The Morgan fingerprint density at radius 1 is 1.09 bits per heavy atom. The molecule has 12 heteroatoms. The van der Waals surface area contributed by atoms with Crippen LogP contribution in [0.5, 0.6) is 0 Å². The SMILES string of the molecule is Cc1ccc(S(=O)(=O)Nc2ccc(-c3nnc(SCC(=O)Nc4nccs4)o3)cc2)cc1. The number of nitrogens with zero attached hydrogens (tertiary/aromatic N) is 3. The maximum Gasteiger partial charge on any atom is 0.277 e. The maximum absolute atomic E-state index is 12.5. The van der Waals surface area contributed by atoms with Gasteiger partial charge in [-0.3, -0.25) is 9.52 Å². The van der Waals surface area contributed by atoms with Gasteiger partial charge < -0.3 is 9.73 Å². The van der Waals surface area contributed by atoms with E-state index in [2.05, 4.69) is 25.2 Å². The third kappa shape index (κ3) is 5.52. The smallest absolute Gasteiger partial charge is 0.277 e. The molecule has 2 aromatic heterocycles. The molecule has 0 spiro atoms. The summed E-state index contributed by atoms with van der Waals surface area (Å²) in [6.07, 6.45) is 1.61. The Hall–Kier alpha value is -3.22. The largest absolute Gasteiger partial charge is 0.411 e. The molecule has 1 amide bonds. The molecule has 0 fully saturated rings. The highest BCUT2D eigenvalue weighted by atomic mass is 32.2. The van der Waals surface area contributed by atoms with E-state index in [1.807, 2.05) is 6.92 Å². The Balaban J connectivity index is 1.36. The first-order valence-corrected chi connectivity index (χ1v) is 12.6. The van der Waals surface area contributed by atoms with Crippen molar-refractivity contribution in [2.24, 2.45) is 0 Å². The zero-order chi connectivity index (χ0) is 22.6. The molecule has 0 atom stereocenters. The standard InChI is InChI=1S/C20H17N5O4S3/c1-13-2-8-16(9-3-13)32(27,28)25-15-6-4-14(5-7-15)18-23-24-20(29-18)31-12-17(26)22-19-21-10-11-30-19/h2-11,25H,12H2,1H3,(H,21,22,26). The zero-order valence-corrected chi connectivity index (χ0v) is 19.1. The van der Waals surface area contributed by atoms with Crippen molar-refractivity contribution in [3.05, 3.63) is 65.7 Å². The number of carbonyl (C=O) groups excluding carboxylic acids is 1. The number of anilines is 2. The number of hydrogen-bond donors (Lipinski definition) is 2. The zero-order valence-electron chi connectivity index (χ0n) is 16.7. The predicted molar refractivity (Wildman–Crippen MR) is 123 cm³/mol. The van der Waals surface area contributed by atoms with E-state index >= 15 is 0 Å². The topological polar surface area (TPSA) is 127 Å². The van der Waals surface area contributed by atoms with Crippen LogP contribution in [0.25, 0.3) is 11.5 Å². The van der Waals surface area contributed by atoms with Crippen molar-refractivity contribution >= 4 is 49.8 Å². The number of nitrogens with one attached hydrogen (secondary N) is 2. The van der Waals surface area contributed by atoms with Crippen LogP contribution in [0.2, 0.25) is 0 Å². The van der Waals surface area contributed by atoms with Crippen LogP contribution in [0, 0.1) is 6.92 Å². The summed E-state index contributed by atoms with van der Waals surface area (Å²) in [5, 5.41) is 13.1. The van der Waals surface area contributed by atoms with E-state index < -0.39 is 10.0 Å². The summed E-state index contributed by atoms with van der Waals surface area (Å²) in [5.74, 6) is 0.136. The van der Waals surface area contributed by atoms with Gasteiger partial charge in [0, 0.05) is 22.8 Å². The molecule has 0 aliphatic heterocycles. The van der Waals surface area contributed by atoms with E-state index in [1.54, 1.807) is 60.1 Å². The van der Waals surface area contributed by atoms with Crippen LogP contribution in [0.4, 0.5) is 10.8 Å². The molecule has 4 rings (SSSR count). The van der Waals surface area contributed by atoms with Gasteiger partial charge in [0.25, 0.3) is 15.2 Å². The average Bonchev–Trinajstić information content (AvgIpc) is 3.45. The summed E-state index contributed by atoms with van der Waals surface area (Å²) in [5.41, 5.74) is 2.00. The number of aromatic nitrogens is 3. The molecule has 0 saturated carbocycles. The van der Waals surface area contributed by atoms with Crippen LogP contribution in [0.1, 0.15) is 5.56 Å². The van der Waals surface area contributed by atoms with E-state index in [9.17, 15) is 13.2 Å². The molecule has 2 heterocycles. The highest BCUT2D eigenvalue weighted by Crippen LogP contribution is 2.25. The second-order valence-electron chi connectivity index (χ2n) is 6.54. The molecule has 0 saturated heterocycles. The van der Waals surface area contributed by atoms with Crippen LogP contribution in [0.15, 0.2) is 74.6 Å². The summed E-state index contributed by atoms with van der Waals surface area (Å²) in [7, 11) is -3.68. The number of rotatable bonds is 8. The van der Waals surface area contributed by atoms with E-state index in [4.69, 9.17) is 4.42 Å². The van der Waals surface area contributed by atoms with E-state index in [1.165, 1.54) is 11.3 Å². The highest BCUT2D eigenvalue weighted by Gasteiger charge is 2.15. The van der Waals surface area contributed by atoms with Crippen LogP contribution >= 0.6 is 23.1 Å². The number of thioether (sulfide) groups is 1. The third-order valence-electron chi connectivity index (χ3n) is 4.13. The Labute approximate surface area is 192 Å². The first kappa shape index (κ1) is 22.0. The molecule has 2 N–H and O–H groups in total. The Morgan fingerprint density at radius 3 is 2.53 bits per heavy atom. The van der Waals surface area contributed by atoms with Crippen LogP contribution in [0.3, 0.4) is 0 Å². The fraction of sp³-hybridized carbons (Fsp3) is 0.100. The van der Waals surface area contributed by atoms with Crippen molar-refractivity contribution in [3.63, 3.8) is 0 Å². The molecule has 2 aromatic carbocycles. The lowest BCUT2D eigenvalue weighted by Gasteiger charge is -2.08. The van der Waals surface area contributed by atoms with Gasteiger partial charge in [0.2, 0.25) is 11.8 Å². The minimum absolute atomic E-state index is 0.0982. The van der Waals surface area contributed by atoms with Crippen LogP contribution in [-0.4, -0.2) is 35.3 Å². The molecule has 0 radical (unpaired) electrons. The summed E-state index contributed by atoms with van der Waals surface area (Å²) < 4.78 is 33.1. The van der Waals surface area contributed by atoms with E-state index in [0.29, 0.717) is 16.4 Å². The first-order chi connectivity index (χ1) is 15.4. The summed E-state index contributed by atoms with van der Waals surface area (Å²) >= 11 is 2.44. The summed E-state index contributed by atoms with van der Waals surface area (Å²) in [6, 6.07) is 13.2. The lowest BCUT2D eigenvalue weighted by atomic mass is 10.2. The molecular formula is C20H17N5O4S3. The maximum atomic E-state index is 12.5. The van der Waals surface area contributed by atoms with Gasteiger partial charge in [-0.2, -0.15) is 0 Å². The van der Waals surface area contributed by atoms with Crippen LogP contribution in [-0.2, 0) is 14.8 Å². The van der Waals surface area contributed by atoms with Crippen molar-refractivity contribution in [1.82, 2.24) is 15.2 Å². The van der Waals surface area contributed by atoms with Gasteiger partial charge in [-0.15, -0.1) is 21.5 Å². The lowest BCUT2D eigenvalue weighted by Crippen LogP contribution is -2.13. The second-order valence-corrected chi connectivity index (χ2v) is 10.0. The number of sulfonamides is 1. The number of aryl methyl sites for hydroxylation is 1. The average molecular weight is 488 g/mol. The van der Waals surface area contributed by atoms with E-state index in [-0.39, 0.29) is 27.7 Å². The Morgan fingerprint density at radius 2 is 1.84 bits per heavy atom. The highest BCUT2D eigenvalue weighted by molar-refractivity contribution is 7.99. The van der Waals surface area contributed by atoms with Crippen molar-refractivity contribution < 1.29 is 17.6 Å². The van der Waals surface area contributed by atoms with Crippen LogP contribution < -0.4 is 10.0 Å². The lowest BCUT2D eigenvalue weighted by molar-refractivity contribution is -0.113. The predicted octanol–water partition coefficient (Wildman–Crippen LogP) is 4.03. The monoisotopic (exact) mass is 487 g/mol. The van der Waals surface area contributed by atoms with Crippen molar-refractivity contribution in [1.29, 1.82) is 0 Å². The normalized spacial score (nSPS) is 11.3. The Bertz CT molecular complexity index is 1300. The first-order valence-electron chi connectivity index (χ1n) is 9.25. The molecule has 4 aromatic rings. The molecule has 9 nitrogen and oxygen atoms in total. The molecule has 0 bridgehead atoms. The van der Waals surface area contributed by atoms with Gasteiger partial charge in [0.15, 0.2) is 5.13 Å². The quantitative estimate of drug-likeness (QED) is 0.357. The summed E-state index contributed by atoms with van der Waals surface area (Å²) in [6.45, 7) is 1.89. The number of carbonyl (C=O) groups is 1. The molecule has 0 unspecified atom stereocenters. The van der Waals surface area contributed by atoms with Gasteiger partial charge in [-0.05, 0) is 43.3 Å². The number of thiazole rings is 1. The number of benzene rings is 2. The van der Waals surface area contributed by atoms with Crippen molar-refractivity contribution in [3.8, 4) is 11.5 Å².